The van der Waals surface area contributed by atoms with E-state index in [1.165, 1.54) is 55.5 Å². The van der Waals surface area contributed by atoms with Crippen LogP contribution in [0.1, 0.15) is 65.1 Å². The van der Waals surface area contributed by atoms with Crippen LogP contribution in [-0.4, -0.2) is 28.3 Å². The number of thiol groups is 1. The van der Waals surface area contributed by atoms with E-state index in [4.69, 9.17) is 17.6 Å². The SMILES string of the molecule is CCC[CH2][Sn]([CH2]CCC)([CH2]CCC)[c]1nc(C)ncc1S. The Hall–Kier alpha value is 0.229. The Morgan fingerprint density at radius 3 is 1.86 bits per heavy atom. The Kier molecular flexibility index (Phi) is 9.26. The summed E-state index contributed by atoms with van der Waals surface area (Å²) < 4.78 is 5.73. The van der Waals surface area contributed by atoms with Crippen LogP contribution in [0.15, 0.2) is 11.1 Å². The molecule has 2 nitrogen and oxygen atoms in total. The summed E-state index contributed by atoms with van der Waals surface area (Å²) in [6.07, 6.45) is 9.91. The van der Waals surface area contributed by atoms with Crippen LogP contribution in [0.3, 0.4) is 0 Å². The molecule has 1 rings (SSSR count). The summed E-state index contributed by atoms with van der Waals surface area (Å²) in [4.78, 5) is 10.3. The van der Waals surface area contributed by atoms with Crippen molar-refractivity contribution in [2.75, 3.05) is 0 Å². The Bertz CT molecular complexity index is 401. The maximum absolute atomic E-state index is 4.91. The van der Waals surface area contributed by atoms with Gasteiger partial charge in [0.1, 0.15) is 0 Å². The second kappa shape index (κ2) is 10.1. The summed E-state index contributed by atoms with van der Waals surface area (Å²) in [7, 11) is 0. The van der Waals surface area contributed by atoms with Gasteiger partial charge in [-0.25, -0.2) is 0 Å². The van der Waals surface area contributed by atoms with Gasteiger partial charge in [0.25, 0.3) is 0 Å². The maximum atomic E-state index is 4.91. The Morgan fingerprint density at radius 2 is 1.43 bits per heavy atom. The second-order valence-electron chi connectivity index (χ2n) is 6.24. The van der Waals surface area contributed by atoms with Gasteiger partial charge in [0.15, 0.2) is 0 Å². The van der Waals surface area contributed by atoms with E-state index in [0.29, 0.717) is 0 Å². The van der Waals surface area contributed by atoms with Crippen molar-refractivity contribution in [1.82, 2.24) is 9.97 Å². The molecule has 0 aliphatic rings. The Morgan fingerprint density at radius 1 is 0.952 bits per heavy atom. The first-order valence-electron chi connectivity index (χ1n) is 8.62. The van der Waals surface area contributed by atoms with Crippen LogP contribution in [-0.2, 0) is 0 Å². The third-order valence-electron chi connectivity index (χ3n) is 4.42. The molecule has 0 aliphatic heterocycles. The van der Waals surface area contributed by atoms with E-state index in [1.807, 2.05) is 13.1 Å². The molecule has 0 saturated carbocycles. The monoisotopic (exact) mass is 416 g/mol. The van der Waals surface area contributed by atoms with Crippen LogP contribution in [0.4, 0.5) is 0 Å². The molecular formula is C17H32N2SSn. The van der Waals surface area contributed by atoms with Gasteiger partial charge in [-0.2, -0.15) is 0 Å². The van der Waals surface area contributed by atoms with E-state index in [-0.39, 0.29) is 0 Å². The van der Waals surface area contributed by atoms with Crippen molar-refractivity contribution in [2.45, 2.75) is 84.4 Å². The van der Waals surface area contributed by atoms with Gasteiger partial charge in [0, 0.05) is 0 Å². The van der Waals surface area contributed by atoms with Gasteiger partial charge in [-0.1, -0.05) is 0 Å². The molecule has 1 heterocycles. The zero-order valence-corrected chi connectivity index (χ0v) is 18.0. The molecule has 1 aromatic heterocycles. The van der Waals surface area contributed by atoms with Crippen LogP contribution in [0.5, 0.6) is 0 Å². The van der Waals surface area contributed by atoms with Gasteiger partial charge >= 0.3 is 141 Å². The summed E-state index contributed by atoms with van der Waals surface area (Å²) >= 11 is 2.30. The topological polar surface area (TPSA) is 25.8 Å². The molecule has 1 aromatic rings. The van der Waals surface area contributed by atoms with Crippen molar-refractivity contribution >= 4 is 34.7 Å². The number of unbranched alkanes of at least 4 members (excludes halogenated alkanes) is 3. The van der Waals surface area contributed by atoms with Crippen molar-refractivity contribution in [1.29, 1.82) is 0 Å². The van der Waals surface area contributed by atoms with E-state index in [1.54, 1.807) is 0 Å². The predicted molar refractivity (Wildman–Crippen MR) is 98.6 cm³/mol. The zero-order valence-electron chi connectivity index (χ0n) is 14.3. The van der Waals surface area contributed by atoms with Crippen molar-refractivity contribution in [3.63, 3.8) is 0 Å². The van der Waals surface area contributed by atoms with Crippen molar-refractivity contribution in [3.05, 3.63) is 12.0 Å². The summed E-state index contributed by atoms with van der Waals surface area (Å²) in [6, 6.07) is 0. The first kappa shape index (κ1) is 19.3. The summed E-state index contributed by atoms with van der Waals surface area (Å²) in [5.41, 5.74) is 0. The van der Waals surface area contributed by atoms with Gasteiger partial charge < -0.3 is 0 Å². The average Bonchev–Trinajstić information content (AvgIpc) is 2.49. The number of aryl methyl sites for hydroxylation is 1. The quantitative estimate of drug-likeness (QED) is 0.424. The zero-order chi connectivity index (χ0) is 15.7. The first-order chi connectivity index (χ1) is 10.1. The molecule has 0 fully saturated rings. The minimum absolute atomic E-state index is 0.924. The fourth-order valence-electron chi connectivity index (χ4n) is 3.13. The molecule has 0 aromatic carbocycles. The molecule has 0 atom stereocenters. The fourth-order valence-corrected chi connectivity index (χ4v) is 20.7. The van der Waals surface area contributed by atoms with Gasteiger partial charge in [-0.3, -0.25) is 0 Å². The Balaban J connectivity index is 3.19. The van der Waals surface area contributed by atoms with E-state index in [9.17, 15) is 0 Å². The molecule has 4 heteroatoms. The van der Waals surface area contributed by atoms with Crippen LogP contribution in [0.25, 0.3) is 0 Å². The Labute approximate surface area is 140 Å². The molecule has 0 amide bonds. The molecule has 0 N–H and O–H groups in total. The number of hydrogen-bond acceptors (Lipinski definition) is 3. The standard InChI is InChI=1S/C5H5N2S.3C4H9.Sn/c1-4-6-2-5(8)3-7-4;3*1-3-4-2;/h2,8H,1H3;3*1,3-4H2,2H3;. The average molecular weight is 415 g/mol. The molecule has 0 spiro atoms. The number of hydrogen-bond donors (Lipinski definition) is 1. The minimum atomic E-state index is -2.43. The van der Waals surface area contributed by atoms with Crippen LogP contribution >= 0.6 is 12.6 Å². The van der Waals surface area contributed by atoms with Crippen molar-refractivity contribution < 1.29 is 0 Å². The summed E-state index contributed by atoms with van der Waals surface area (Å²) in [5.74, 6) is 0.924. The molecule has 21 heavy (non-hydrogen) atoms. The van der Waals surface area contributed by atoms with Crippen molar-refractivity contribution in [3.8, 4) is 0 Å². The molecule has 0 bridgehead atoms. The van der Waals surface area contributed by atoms with E-state index < -0.39 is 18.4 Å². The number of aromatic nitrogens is 2. The third-order valence-corrected chi connectivity index (χ3v) is 20.5. The first-order valence-corrected chi connectivity index (χ1v) is 16.6. The van der Waals surface area contributed by atoms with E-state index in [2.05, 4.69) is 25.8 Å². The number of rotatable bonds is 10. The molecule has 0 radical (unpaired) electrons. The van der Waals surface area contributed by atoms with Crippen LogP contribution < -0.4 is 3.71 Å². The fraction of sp³-hybridized carbons (Fsp3) is 0.765. The van der Waals surface area contributed by atoms with Gasteiger partial charge in [0.05, 0.1) is 0 Å². The van der Waals surface area contributed by atoms with Crippen LogP contribution in [0.2, 0.25) is 13.3 Å². The van der Waals surface area contributed by atoms with Gasteiger partial charge in [0.2, 0.25) is 0 Å². The number of nitrogens with zero attached hydrogens (tertiary/aromatic N) is 2. The molecular weight excluding hydrogens is 383 g/mol. The van der Waals surface area contributed by atoms with E-state index >= 15 is 0 Å². The predicted octanol–water partition coefficient (Wildman–Crippen LogP) is 5.13. The summed E-state index contributed by atoms with van der Waals surface area (Å²) in [5, 5.41) is 0. The third kappa shape index (κ3) is 5.74. The molecule has 0 aliphatic carbocycles. The normalized spacial score (nSPS) is 11.9. The summed E-state index contributed by atoms with van der Waals surface area (Å²) in [6.45, 7) is 8.95. The van der Waals surface area contributed by atoms with Crippen LogP contribution in [0, 0.1) is 6.92 Å². The van der Waals surface area contributed by atoms with E-state index in [0.717, 1.165) is 10.7 Å². The van der Waals surface area contributed by atoms with Gasteiger partial charge in [-0.05, 0) is 0 Å². The van der Waals surface area contributed by atoms with Gasteiger partial charge in [-0.15, -0.1) is 0 Å². The molecule has 0 unspecified atom stereocenters. The molecule has 0 saturated heterocycles. The second-order valence-corrected chi connectivity index (χ2v) is 19.7. The molecule has 120 valence electrons. The van der Waals surface area contributed by atoms with Crippen molar-refractivity contribution in [2.24, 2.45) is 0 Å².